The van der Waals surface area contributed by atoms with Crippen molar-refractivity contribution in [2.75, 3.05) is 0 Å². The maximum Gasteiger partial charge on any atom is 0.0159 e. The van der Waals surface area contributed by atoms with Gasteiger partial charge in [0.05, 0.1) is 0 Å². The summed E-state index contributed by atoms with van der Waals surface area (Å²) < 4.78 is 0. The summed E-state index contributed by atoms with van der Waals surface area (Å²) in [6.07, 6.45) is 0. The Kier molecular flexibility index (Phi) is 5.96. The molecule has 0 radical (unpaired) electrons. The van der Waals surface area contributed by atoms with Gasteiger partial charge in [-0.25, -0.2) is 0 Å². The van der Waals surface area contributed by atoms with Crippen molar-refractivity contribution in [1.29, 1.82) is 0 Å². The molecule has 3 aliphatic rings. The molecule has 0 saturated carbocycles. The molecule has 8 aromatic rings. The molecule has 8 aromatic carbocycles. The van der Waals surface area contributed by atoms with Crippen molar-refractivity contribution in [2.24, 2.45) is 0 Å². The normalized spacial score (nSPS) is 16.2. The van der Waals surface area contributed by atoms with E-state index in [1.54, 1.807) is 0 Å². The zero-order chi connectivity index (χ0) is 36.0. The number of rotatable bonds is 2. The number of fused-ring (bicyclic) bond motifs is 13. The minimum atomic E-state index is -0.145. The molecule has 0 atom stereocenters. The summed E-state index contributed by atoms with van der Waals surface area (Å²) in [6.45, 7) is 14.6. The summed E-state index contributed by atoms with van der Waals surface area (Å²) in [7, 11) is 0. The van der Waals surface area contributed by atoms with E-state index in [2.05, 4.69) is 187 Å². The first-order valence-corrected chi connectivity index (χ1v) is 19.2. The number of benzene rings is 8. The van der Waals surface area contributed by atoms with Gasteiger partial charge in [-0.2, -0.15) is 0 Å². The highest BCUT2D eigenvalue weighted by molar-refractivity contribution is 6.11. The second-order valence-electron chi connectivity index (χ2n) is 17.3. The zero-order valence-electron chi connectivity index (χ0n) is 31.4. The van der Waals surface area contributed by atoms with Gasteiger partial charge in [-0.3, -0.25) is 0 Å². The Bertz CT molecular complexity index is 2680. The van der Waals surface area contributed by atoms with Gasteiger partial charge in [0.15, 0.2) is 0 Å². The van der Waals surface area contributed by atoms with E-state index >= 15 is 0 Å². The Balaban J connectivity index is 1.14. The highest BCUT2D eigenvalue weighted by Crippen LogP contribution is 2.61. The largest absolute Gasteiger partial charge is 0.0622 e. The molecule has 0 heterocycles. The second-order valence-corrected chi connectivity index (χ2v) is 17.3. The van der Waals surface area contributed by atoms with E-state index in [-0.39, 0.29) is 16.2 Å². The van der Waals surface area contributed by atoms with Crippen molar-refractivity contribution >= 4 is 21.5 Å². The van der Waals surface area contributed by atoms with E-state index in [1.165, 1.54) is 111 Å². The lowest BCUT2D eigenvalue weighted by molar-refractivity contribution is 0.649. The number of hydrogen-bond acceptors (Lipinski definition) is 0. The fourth-order valence-corrected chi connectivity index (χ4v) is 10.6. The van der Waals surface area contributed by atoms with E-state index < -0.39 is 0 Å². The van der Waals surface area contributed by atoms with Gasteiger partial charge in [0.25, 0.3) is 0 Å². The van der Waals surface area contributed by atoms with Crippen LogP contribution in [0.4, 0.5) is 0 Å². The van der Waals surface area contributed by atoms with Crippen molar-refractivity contribution in [2.45, 2.75) is 57.8 Å². The van der Waals surface area contributed by atoms with Crippen molar-refractivity contribution in [3.8, 4) is 55.6 Å². The average molecular weight is 679 g/mol. The summed E-state index contributed by atoms with van der Waals surface area (Å²) in [6, 6.07) is 55.3. The van der Waals surface area contributed by atoms with Crippen LogP contribution in [0.1, 0.15) is 74.9 Å². The molecule has 0 fully saturated rings. The quantitative estimate of drug-likeness (QED) is 0.171. The van der Waals surface area contributed by atoms with Gasteiger partial charge in [-0.05, 0) is 147 Å². The molecule has 254 valence electrons. The molecule has 0 N–H and O–H groups in total. The van der Waals surface area contributed by atoms with Gasteiger partial charge in [-0.1, -0.05) is 151 Å². The van der Waals surface area contributed by atoms with Crippen LogP contribution in [0.2, 0.25) is 0 Å². The maximum atomic E-state index is 2.58. The lowest BCUT2D eigenvalue weighted by atomic mass is 9.78. The predicted molar refractivity (Wildman–Crippen MR) is 225 cm³/mol. The fourth-order valence-electron chi connectivity index (χ4n) is 10.6. The molecule has 0 unspecified atom stereocenters. The molecule has 3 aliphatic carbocycles. The van der Waals surface area contributed by atoms with Crippen LogP contribution in [0, 0.1) is 0 Å². The van der Waals surface area contributed by atoms with Crippen molar-refractivity contribution in [3.05, 3.63) is 179 Å². The van der Waals surface area contributed by atoms with Gasteiger partial charge in [0, 0.05) is 16.2 Å². The SMILES string of the molecule is CC1(C)c2cc3c(cc2-c2cc4c(cc21)-c1c(cc(-c2ccccc2)c2ccccc12)C4(C)C)C(C)(C)c1cc(-c2ccccc2)c2ccccc2c1-3. The first-order valence-electron chi connectivity index (χ1n) is 19.2. The molecule has 0 spiro atoms. The van der Waals surface area contributed by atoms with Gasteiger partial charge < -0.3 is 0 Å². The molecule has 0 nitrogen and oxygen atoms in total. The molecule has 0 aliphatic heterocycles. The van der Waals surface area contributed by atoms with Crippen LogP contribution in [0.5, 0.6) is 0 Å². The van der Waals surface area contributed by atoms with Crippen LogP contribution in [0.15, 0.2) is 146 Å². The van der Waals surface area contributed by atoms with Crippen molar-refractivity contribution in [1.82, 2.24) is 0 Å². The van der Waals surface area contributed by atoms with Gasteiger partial charge in [-0.15, -0.1) is 0 Å². The number of hydrogen-bond donors (Lipinski definition) is 0. The molecular formula is C53H42. The fraction of sp³-hybridized carbons (Fsp3) is 0.170. The van der Waals surface area contributed by atoms with E-state index in [4.69, 9.17) is 0 Å². The zero-order valence-corrected chi connectivity index (χ0v) is 31.4. The minimum Gasteiger partial charge on any atom is -0.0622 e. The van der Waals surface area contributed by atoms with Gasteiger partial charge in [0.1, 0.15) is 0 Å². The van der Waals surface area contributed by atoms with Crippen LogP contribution in [0.25, 0.3) is 77.2 Å². The van der Waals surface area contributed by atoms with E-state index in [1.807, 2.05) is 0 Å². The summed E-state index contributed by atoms with van der Waals surface area (Å²) >= 11 is 0. The lowest BCUT2D eigenvalue weighted by Crippen LogP contribution is -2.17. The Morgan fingerprint density at radius 3 is 0.943 bits per heavy atom. The Morgan fingerprint density at radius 1 is 0.264 bits per heavy atom. The summed E-state index contributed by atoms with van der Waals surface area (Å²) in [4.78, 5) is 0. The van der Waals surface area contributed by atoms with Crippen LogP contribution >= 0.6 is 0 Å². The maximum absolute atomic E-state index is 2.58. The minimum absolute atomic E-state index is 0.140. The van der Waals surface area contributed by atoms with Crippen molar-refractivity contribution in [3.63, 3.8) is 0 Å². The highest BCUT2D eigenvalue weighted by Gasteiger charge is 2.45. The molecule has 0 heteroatoms. The third kappa shape index (κ3) is 3.91. The van der Waals surface area contributed by atoms with Crippen LogP contribution in [0.3, 0.4) is 0 Å². The third-order valence-electron chi connectivity index (χ3n) is 13.4. The third-order valence-corrected chi connectivity index (χ3v) is 13.4. The van der Waals surface area contributed by atoms with Gasteiger partial charge >= 0.3 is 0 Å². The first kappa shape index (κ1) is 30.9. The lowest BCUT2D eigenvalue weighted by Gasteiger charge is -2.25. The Morgan fingerprint density at radius 2 is 0.547 bits per heavy atom. The highest BCUT2D eigenvalue weighted by atomic mass is 14.5. The second kappa shape index (κ2) is 10.2. The van der Waals surface area contributed by atoms with Crippen LogP contribution in [-0.2, 0) is 16.2 Å². The molecule has 0 aromatic heterocycles. The van der Waals surface area contributed by atoms with E-state index in [0.29, 0.717) is 0 Å². The topological polar surface area (TPSA) is 0 Å². The van der Waals surface area contributed by atoms with Crippen LogP contribution in [-0.4, -0.2) is 0 Å². The standard InChI is InChI=1S/C53H42/c1-51(2)43-29-41-45(52(3,4)47-25-37(31-17-9-7-10-18-31)33-21-13-15-23-35(33)49(41)47)27-39(43)40-28-46-42(30-44(40)51)50-36-24-16-14-22-34(36)38(26-48(50)53(46,5)6)32-19-11-8-12-20-32/h7-30H,1-6H3. The smallest absolute Gasteiger partial charge is 0.0159 e. The van der Waals surface area contributed by atoms with Crippen LogP contribution < -0.4 is 0 Å². The van der Waals surface area contributed by atoms with Crippen molar-refractivity contribution < 1.29 is 0 Å². The molecule has 0 saturated heterocycles. The first-order chi connectivity index (χ1) is 25.6. The molecule has 53 heavy (non-hydrogen) atoms. The summed E-state index contributed by atoms with van der Waals surface area (Å²) in [5, 5.41) is 5.35. The average Bonchev–Trinajstić information content (AvgIpc) is 3.65. The Labute approximate surface area is 312 Å². The Hall–Kier alpha value is -5.72. The molecule has 11 rings (SSSR count). The molecular weight excluding hydrogens is 637 g/mol. The van der Waals surface area contributed by atoms with E-state index in [0.717, 1.165) is 0 Å². The summed E-state index contributed by atoms with van der Waals surface area (Å²) in [5.74, 6) is 0. The monoisotopic (exact) mass is 678 g/mol. The molecule has 0 amide bonds. The van der Waals surface area contributed by atoms with E-state index in [9.17, 15) is 0 Å². The molecule has 0 bridgehead atoms. The summed E-state index contributed by atoms with van der Waals surface area (Å²) in [5.41, 5.74) is 21.8. The predicted octanol–water partition coefficient (Wildman–Crippen LogP) is 14.2. The van der Waals surface area contributed by atoms with Gasteiger partial charge in [0.2, 0.25) is 0 Å².